The zero-order chi connectivity index (χ0) is 17.9. The van der Waals surface area contributed by atoms with Gasteiger partial charge in [-0.05, 0) is 43.7 Å². The van der Waals surface area contributed by atoms with E-state index in [2.05, 4.69) is 26.5 Å². The lowest BCUT2D eigenvalue weighted by molar-refractivity contribution is -0.121. The molecule has 1 atom stereocenters. The van der Waals surface area contributed by atoms with Gasteiger partial charge in [-0.15, -0.1) is 0 Å². The number of pyridine rings is 1. The molecule has 2 aromatic heterocycles. The lowest BCUT2D eigenvalue weighted by Crippen LogP contribution is -2.40. The molecule has 26 heavy (non-hydrogen) atoms. The molecule has 4 rings (SSSR count). The van der Waals surface area contributed by atoms with Crippen molar-refractivity contribution in [2.24, 2.45) is 0 Å². The van der Waals surface area contributed by atoms with Crippen molar-refractivity contribution in [3.63, 3.8) is 0 Å². The highest BCUT2D eigenvalue weighted by Crippen LogP contribution is 2.24. The number of aromatic nitrogens is 3. The number of aryl methyl sites for hydroxylation is 1. The number of hydrogen-bond acceptors (Lipinski definition) is 6. The minimum atomic E-state index is -0.254. The molecule has 1 amide bonds. The Morgan fingerprint density at radius 3 is 3.00 bits per heavy atom. The summed E-state index contributed by atoms with van der Waals surface area (Å²) in [7, 11) is 1.90. The van der Waals surface area contributed by atoms with Crippen LogP contribution in [0.15, 0.2) is 53.3 Å². The van der Waals surface area contributed by atoms with Crippen LogP contribution in [0.2, 0.25) is 0 Å². The third-order valence-corrected chi connectivity index (χ3v) is 4.57. The van der Waals surface area contributed by atoms with E-state index in [0.29, 0.717) is 18.3 Å². The molecule has 0 aliphatic carbocycles. The highest BCUT2D eigenvalue weighted by Gasteiger charge is 2.28. The molecule has 1 N–H and O–H groups in total. The Hall–Kier alpha value is -3.06. The summed E-state index contributed by atoms with van der Waals surface area (Å²) in [5.41, 5.74) is 2.85. The predicted octanol–water partition coefficient (Wildman–Crippen LogP) is 2.52. The van der Waals surface area contributed by atoms with Gasteiger partial charge in [-0.1, -0.05) is 23.4 Å². The van der Waals surface area contributed by atoms with E-state index in [-0.39, 0.29) is 11.9 Å². The van der Waals surface area contributed by atoms with Crippen LogP contribution >= 0.6 is 0 Å². The second kappa shape index (κ2) is 7.05. The van der Waals surface area contributed by atoms with Gasteiger partial charge in [0.25, 0.3) is 0 Å². The van der Waals surface area contributed by atoms with Gasteiger partial charge in [-0.2, -0.15) is 4.98 Å². The van der Waals surface area contributed by atoms with Crippen molar-refractivity contribution in [3.8, 4) is 11.4 Å². The molecule has 1 aliphatic heterocycles. The minimum absolute atomic E-state index is 0.00977. The van der Waals surface area contributed by atoms with E-state index in [4.69, 9.17) is 4.52 Å². The molecule has 1 unspecified atom stereocenters. The van der Waals surface area contributed by atoms with Crippen LogP contribution in [0, 0.1) is 0 Å². The summed E-state index contributed by atoms with van der Waals surface area (Å²) < 4.78 is 5.35. The number of para-hydroxylation sites is 1. The van der Waals surface area contributed by atoms with Crippen LogP contribution in [0.3, 0.4) is 0 Å². The van der Waals surface area contributed by atoms with Crippen molar-refractivity contribution in [3.05, 3.63) is 60.2 Å². The fourth-order valence-electron chi connectivity index (χ4n) is 3.18. The number of carbonyl (C=O) groups is 1. The highest BCUT2D eigenvalue weighted by molar-refractivity contribution is 5.96. The van der Waals surface area contributed by atoms with Crippen molar-refractivity contribution in [2.45, 2.75) is 25.4 Å². The maximum absolute atomic E-state index is 12.6. The van der Waals surface area contributed by atoms with Crippen LogP contribution in [-0.4, -0.2) is 39.0 Å². The van der Waals surface area contributed by atoms with Crippen molar-refractivity contribution < 1.29 is 9.32 Å². The van der Waals surface area contributed by atoms with Crippen LogP contribution in [0.4, 0.5) is 5.69 Å². The molecule has 3 heterocycles. The Bertz CT molecular complexity index is 909. The first-order chi connectivity index (χ1) is 12.7. The van der Waals surface area contributed by atoms with Crippen LogP contribution in [0.5, 0.6) is 0 Å². The summed E-state index contributed by atoms with van der Waals surface area (Å²) in [6.45, 7) is 0.404. The zero-order valence-electron chi connectivity index (χ0n) is 14.4. The highest BCUT2D eigenvalue weighted by atomic mass is 16.5. The topological polar surface area (TPSA) is 84.2 Å². The van der Waals surface area contributed by atoms with E-state index < -0.39 is 0 Å². The van der Waals surface area contributed by atoms with Gasteiger partial charge in [0.1, 0.15) is 0 Å². The number of likely N-dealkylation sites (N-methyl/N-ethyl adjacent to an activating group) is 1. The van der Waals surface area contributed by atoms with Gasteiger partial charge in [-0.25, -0.2) is 0 Å². The Kier molecular flexibility index (Phi) is 4.45. The van der Waals surface area contributed by atoms with Gasteiger partial charge in [0.15, 0.2) is 0 Å². The number of amides is 1. The zero-order valence-corrected chi connectivity index (χ0v) is 14.4. The van der Waals surface area contributed by atoms with Gasteiger partial charge in [0.05, 0.1) is 12.6 Å². The Labute approximate surface area is 151 Å². The van der Waals surface area contributed by atoms with Crippen LogP contribution in [0.25, 0.3) is 11.4 Å². The van der Waals surface area contributed by atoms with Gasteiger partial charge in [-0.3, -0.25) is 14.7 Å². The number of nitrogens with zero attached hydrogens (tertiary/aromatic N) is 4. The summed E-state index contributed by atoms with van der Waals surface area (Å²) in [4.78, 5) is 23.0. The maximum Gasteiger partial charge on any atom is 0.241 e. The first-order valence-electron chi connectivity index (χ1n) is 8.53. The number of benzene rings is 1. The number of rotatable bonds is 4. The van der Waals surface area contributed by atoms with Crippen molar-refractivity contribution >= 4 is 11.6 Å². The van der Waals surface area contributed by atoms with Crippen LogP contribution < -0.4 is 5.32 Å². The van der Waals surface area contributed by atoms with Gasteiger partial charge < -0.3 is 9.84 Å². The average molecular weight is 349 g/mol. The SMILES string of the molecule is CN(Cc1nc(-c2cccnc2)no1)C1CCc2ccccc2NC1=O. The van der Waals surface area contributed by atoms with Gasteiger partial charge in [0.2, 0.25) is 17.6 Å². The second-order valence-corrected chi connectivity index (χ2v) is 6.37. The largest absolute Gasteiger partial charge is 0.338 e. The lowest BCUT2D eigenvalue weighted by atomic mass is 10.1. The number of nitrogens with one attached hydrogen (secondary N) is 1. The van der Waals surface area contributed by atoms with E-state index in [1.165, 1.54) is 0 Å². The monoisotopic (exact) mass is 349 g/mol. The molecule has 0 saturated carbocycles. The molecule has 0 fully saturated rings. The Morgan fingerprint density at radius 1 is 1.27 bits per heavy atom. The number of fused-ring (bicyclic) bond motifs is 1. The van der Waals surface area contributed by atoms with Gasteiger partial charge >= 0.3 is 0 Å². The molecule has 0 bridgehead atoms. The normalized spacial score (nSPS) is 16.8. The molecular weight excluding hydrogens is 330 g/mol. The summed E-state index contributed by atoms with van der Waals surface area (Å²) in [5, 5.41) is 7.02. The molecule has 0 saturated heterocycles. The first-order valence-corrected chi connectivity index (χ1v) is 8.53. The second-order valence-electron chi connectivity index (χ2n) is 6.37. The van der Waals surface area contributed by atoms with Crippen LogP contribution in [-0.2, 0) is 17.8 Å². The maximum atomic E-state index is 12.6. The number of hydrogen-bond donors (Lipinski definition) is 1. The van der Waals surface area contributed by atoms with E-state index in [9.17, 15) is 4.79 Å². The minimum Gasteiger partial charge on any atom is -0.338 e. The van der Waals surface area contributed by atoms with Crippen molar-refractivity contribution in [1.29, 1.82) is 0 Å². The molecule has 7 heteroatoms. The third-order valence-electron chi connectivity index (χ3n) is 4.57. The standard InChI is InChI=1S/C19H19N5O2/c1-24(12-17-22-18(23-26-17)14-6-4-10-20-11-14)16-9-8-13-5-2-3-7-15(13)21-19(16)25/h2-7,10-11,16H,8-9,12H2,1H3,(H,21,25). The lowest BCUT2D eigenvalue weighted by Gasteiger charge is -2.23. The van der Waals surface area contributed by atoms with E-state index >= 15 is 0 Å². The van der Waals surface area contributed by atoms with E-state index in [1.54, 1.807) is 12.4 Å². The van der Waals surface area contributed by atoms with E-state index in [0.717, 1.165) is 29.7 Å². The molecule has 3 aromatic rings. The number of carbonyl (C=O) groups excluding carboxylic acids is 1. The molecule has 1 aliphatic rings. The molecular formula is C19H19N5O2. The van der Waals surface area contributed by atoms with Crippen molar-refractivity contribution in [2.75, 3.05) is 12.4 Å². The first kappa shape index (κ1) is 16.4. The molecule has 0 spiro atoms. The van der Waals surface area contributed by atoms with E-state index in [1.807, 2.05) is 42.3 Å². The Balaban J connectivity index is 1.46. The molecule has 0 radical (unpaired) electrons. The molecule has 1 aromatic carbocycles. The fourth-order valence-corrected chi connectivity index (χ4v) is 3.18. The predicted molar refractivity (Wildman–Crippen MR) is 96.2 cm³/mol. The molecule has 7 nitrogen and oxygen atoms in total. The summed E-state index contributed by atoms with van der Waals surface area (Å²) in [6.07, 6.45) is 4.97. The average Bonchev–Trinajstić information content (AvgIpc) is 3.05. The summed E-state index contributed by atoms with van der Waals surface area (Å²) in [5.74, 6) is 0.963. The van der Waals surface area contributed by atoms with Gasteiger partial charge in [0, 0.05) is 23.6 Å². The van der Waals surface area contributed by atoms with Crippen LogP contribution in [0.1, 0.15) is 17.9 Å². The van der Waals surface area contributed by atoms with Crippen molar-refractivity contribution in [1.82, 2.24) is 20.0 Å². The fraction of sp³-hybridized carbons (Fsp3) is 0.263. The third kappa shape index (κ3) is 3.34. The quantitative estimate of drug-likeness (QED) is 0.779. The molecule has 132 valence electrons. The Morgan fingerprint density at radius 2 is 2.15 bits per heavy atom. The summed E-state index contributed by atoms with van der Waals surface area (Å²) in [6, 6.07) is 11.4. The number of anilines is 1. The summed E-state index contributed by atoms with van der Waals surface area (Å²) >= 11 is 0. The smallest absolute Gasteiger partial charge is 0.241 e.